The lowest BCUT2D eigenvalue weighted by Gasteiger charge is -2.34. The monoisotopic (exact) mass is 683 g/mol. The fourth-order valence-electron chi connectivity index (χ4n) is 6.23. The van der Waals surface area contributed by atoms with Crippen molar-refractivity contribution >= 4 is 10.1 Å². The number of halogens is 2. The van der Waals surface area contributed by atoms with E-state index >= 15 is 0 Å². The van der Waals surface area contributed by atoms with E-state index in [1.165, 1.54) is 133 Å². The van der Waals surface area contributed by atoms with Crippen molar-refractivity contribution in [3.63, 3.8) is 0 Å². The summed E-state index contributed by atoms with van der Waals surface area (Å²) >= 11 is 0. The van der Waals surface area contributed by atoms with Crippen LogP contribution >= 0.6 is 0 Å². The molecule has 0 atom stereocenters. The molecular formula is C39H82F2NO3S+. The Morgan fingerprint density at radius 1 is 0.457 bits per heavy atom. The Balaban J connectivity index is 0. The first-order valence-electron chi connectivity index (χ1n) is 20.2. The number of unbranched alkanes of at least 4 members (excludes halogenated alkanes) is 24. The van der Waals surface area contributed by atoms with E-state index in [1.807, 2.05) is 0 Å². The molecule has 280 valence electrons. The predicted octanol–water partition coefficient (Wildman–Crippen LogP) is 13.0. The molecule has 0 saturated heterocycles. The second-order valence-electron chi connectivity index (χ2n) is 13.7. The second kappa shape index (κ2) is 36.0. The van der Waals surface area contributed by atoms with Gasteiger partial charge in [0, 0.05) is 6.42 Å². The third-order valence-corrected chi connectivity index (χ3v) is 11.3. The molecule has 0 aliphatic rings. The first-order chi connectivity index (χ1) is 22.2. The van der Waals surface area contributed by atoms with Crippen LogP contribution < -0.4 is 0 Å². The van der Waals surface area contributed by atoms with E-state index in [-0.39, 0.29) is 12.2 Å². The standard InChI is InChI=1S/C31H62F2O3S.C8H20N/c1-2-3-4-5-6-7-8-9-10-11-12-13-14-15-17-20-23-26-29-36-37(34,35)30-27-24-21-18-16-19-22-25-28-31(32)33;1-5-9(6-2,7-3)8-4/h31H,2-30H2,1H3;5-8H2,1-4H3/q;+1. The summed E-state index contributed by atoms with van der Waals surface area (Å²) < 4.78 is 54.5. The first-order valence-corrected chi connectivity index (χ1v) is 21.8. The Bertz CT molecular complexity index is 669. The molecule has 4 nitrogen and oxygen atoms in total. The van der Waals surface area contributed by atoms with Gasteiger partial charge in [-0.25, -0.2) is 8.78 Å². The van der Waals surface area contributed by atoms with Crippen LogP contribution in [0.1, 0.15) is 208 Å². The van der Waals surface area contributed by atoms with Crippen molar-refractivity contribution in [1.82, 2.24) is 0 Å². The van der Waals surface area contributed by atoms with E-state index in [9.17, 15) is 17.2 Å². The molecule has 0 fully saturated rings. The van der Waals surface area contributed by atoms with Gasteiger partial charge in [0.15, 0.2) is 0 Å². The lowest BCUT2D eigenvalue weighted by atomic mass is 10.0. The minimum Gasteiger partial charge on any atom is -0.325 e. The van der Waals surface area contributed by atoms with Crippen molar-refractivity contribution in [1.29, 1.82) is 0 Å². The van der Waals surface area contributed by atoms with Crippen LogP contribution in [0.5, 0.6) is 0 Å². The molecule has 0 aromatic heterocycles. The summed E-state index contributed by atoms with van der Waals surface area (Å²) in [4.78, 5) is 0. The normalized spacial score (nSPS) is 12.1. The molecule has 0 bridgehead atoms. The summed E-state index contributed by atoms with van der Waals surface area (Å²) in [7, 11) is -3.39. The number of quaternary nitrogens is 1. The predicted molar refractivity (Wildman–Crippen MR) is 199 cm³/mol. The molecule has 0 heterocycles. The van der Waals surface area contributed by atoms with Crippen molar-refractivity contribution in [2.45, 2.75) is 214 Å². The van der Waals surface area contributed by atoms with Gasteiger partial charge in [0.1, 0.15) is 0 Å². The van der Waals surface area contributed by atoms with Crippen LogP contribution in [0.3, 0.4) is 0 Å². The average molecular weight is 683 g/mol. The van der Waals surface area contributed by atoms with Crippen molar-refractivity contribution in [2.24, 2.45) is 0 Å². The van der Waals surface area contributed by atoms with Gasteiger partial charge < -0.3 is 4.48 Å². The number of hydrogen-bond donors (Lipinski definition) is 0. The highest BCUT2D eigenvalue weighted by atomic mass is 32.2. The molecule has 7 heteroatoms. The average Bonchev–Trinajstić information content (AvgIpc) is 3.04. The van der Waals surface area contributed by atoms with Crippen LogP contribution in [-0.4, -0.2) is 57.9 Å². The van der Waals surface area contributed by atoms with Crippen molar-refractivity contribution in [2.75, 3.05) is 38.5 Å². The maximum atomic E-state index is 12.0. The molecule has 0 radical (unpaired) electrons. The Kier molecular flexibility index (Phi) is 37.5. The SMILES string of the molecule is CCCCCCCCCCCCCCCCCCCCOS(=O)(=O)CCCCCCCCCCC(F)F.CC[N+](CC)(CC)CC. The summed E-state index contributed by atoms with van der Waals surface area (Å²) in [6.45, 7) is 16.8. The smallest absolute Gasteiger partial charge is 0.267 e. The van der Waals surface area contributed by atoms with Gasteiger partial charge in [-0.15, -0.1) is 0 Å². The minimum absolute atomic E-state index is 0.0113. The van der Waals surface area contributed by atoms with Gasteiger partial charge in [-0.2, -0.15) is 8.42 Å². The molecule has 46 heavy (non-hydrogen) atoms. The van der Waals surface area contributed by atoms with Gasteiger partial charge in [-0.05, 0) is 47.0 Å². The minimum atomic E-state index is -3.39. The lowest BCUT2D eigenvalue weighted by Crippen LogP contribution is -2.47. The van der Waals surface area contributed by atoms with E-state index < -0.39 is 16.5 Å². The maximum Gasteiger partial charge on any atom is 0.267 e. The summed E-state index contributed by atoms with van der Waals surface area (Å²) in [6, 6.07) is 0. The molecule has 0 spiro atoms. The van der Waals surface area contributed by atoms with Gasteiger partial charge in [0.05, 0.1) is 38.5 Å². The first kappa shape index (κ1) is 47.8. The summed E-state index contributed by atoms with van der Waals surface area (Å²) in [5, 5.41) is 0. The molecule has 0 N–H and O–H groups in total. The number of alkyl halides is 2. The van der Waals surface area contributed by atoms with Crippen LogP contribution in [0.25, 0.3) is 0 Å². The Morgan fingerprint density at radius 3 is 1.07 bits per heavy atom. The third kappa shape index (κ3) is 35.0. The Labute approximate surface area is 288 Å². The highest BCUT2D eigenvalue weighted by molar-refractivity contribution is 7.86. The number of nitrogens with zero attached hydrogens (tertiary/aromatic N) is 1. The second-order valence-corrected chi connectivity index (χ2v) is 15.5. The zero-order chi connectivity index (χ0) is 34.6. The van der Waals surface area contributed by atoms with Crippen molar-refractivity contribution < 1.29 is 25.9 Å². The van der Waals surface area contributed by atoms with Crippen LogP contribution in [0.2, 0.25) is 0 Å². The van der Waals surface area contributed by atoms with E-state index in [1.54, 1.807) is 0 Å². The maximum absolute atomic E-state index is 12.0. The summed E-state index contributed by atoms with van der Waals surface area (Å²) in [5.74, 6) is 0.112. The molecule has 0 aliphatic carbocycles. The topological polar surface area (TPSA) is 43.4 Å². The van der Waals surface area contributed by atoms with Crippen LogP contribution in [-0.2, 0) is 14.3 Å². The number of rotatable bonds is 35. The zero-order valence-corrected chi connectivity index (χ0v) is 32.6. The van der Waals surface area contributed by atoms with Gasteiger partial charge in [0.25, 0.3) is 10.1 Å². The fourth-order valence-corrected chi connectivity index (χ4v) is 7.28. The van der Waals surface area contributed by atoms with Gasteiger partial charge in [0.2, 0.25) is 6.43 Å². The molecule has 0 aromatic rings. The summed E-state index contributed by atoms with van der Waals surface area (Å²) in [5.41, 5.74) is 0. The molecular weight excluding hydrogens is 600 g/mol. The van der Waals surface area contributed by atoms with Crippen LogP contribution in [0.4, 0.5) is 8.78 Å². The van der Waals surface area contributed by atoms with Crippen LogP contribution in [0, 0.1) is 0 Å². The molecule has 0 saturated carbocycles. The summed E-state index contributed by atoms with van der Waals surface area (Å²) in [6.07, 6.45) is 28.7. The Morgan fingerprint density at radius 2 is 0.761 bits per heavy atom. The van der Waals surface area contributed by atoms with Crippen molar-refractivity contribution in [3.8, 4) is 0 Å². The zero-order valence-electron chi connectivity index (χ0n) is 31.7. The largest absolute Gasteiger partial charge is 0.325 e. The molecule has 0 aliphatic heterocycles. The van der Waals surface area contributed by atoms with Crippen molar-refractivity contribution in [3.05, 3.63) is 0 Å². The highest BCUT2D eigenvalue weighted by Gasteiger charge is 2.16. The molecule has 0 amide bonds. The van der Waals surface area contributed by atoms with E-state index in [0.717, 1.165) is 51.4 Å². The fraction of sp³-hybridized carbons (Fsp3) is 1.00. The van der Waals surface area contributed by atoms with Crippen LogP contribution in [0.15, 0.2) is 0 Å². The lowest BCUT2D eigenvalue weighted by molar-refractivity contribution is -0.921. The van der Waals surface area contributed by atoms with Gasteiger partial charge >= 0.3 is 0 Å². The quantitative estimate of drug-likeness (QED) is 0.0380. The molecule has 0 rings (SSSR count). The molecule has 0 unspecified atom stereocenters. The number of hydrogen-bond acceptors (Lipinski definition) is 3. The van der Waals surface area contributed by atoms with E-state index in [2.05, 4.69) is 34.6 Å². The highest BCUT2D eigenvalue weighted by Crippen LogP contribution is 2.15. The van der Waals surface area contributed by atoms with E-state index in [0.29, 0.717) is 19.4 Å². The Hall–Kier alpha value is -0.270. The van der Waals surface area contributed by atoms with Gasteiger partial charge in [-0.3, -0.25) is 4.18 Å². The third-order valence-electron chi connectivity index (χ3n) is 10.0. The van der Waals surface area contributed by atoms with Gasteiger partial charge in [-0.1, -0.05) is 155 Å². The van der Waals surface area contributed by atoms with E-state index in [4.69, 9.17) is 4.18 Å². The molecule has 0 aromatic carbocycles.